The van der Waals surface area contributed by atoms with E-state index in [-0.39, 0.29) is 0 Å². The lowest BCUT2D eigenvalue weighted by atomic mass is 10.1. The molecule has 0 aliphatic heterocycles. The number of rotatable bonds is 6. The monoisotopic (exact) mass is 324 g/mol. The van der Waals surface area contributed by atoms with Crippen LogP contribution in [0.1, 0.15) is 46.0 Å². The van der Waals surface area contributed by atoms with Gasteiger partial charge < -0.3 is 0 Å². The van der Waals surface area contributed by atoms with Gasteiger partial charge in [0, 0.05) is 0 Å². The molecule has 0 aliphatic carbocycles. The highest BCUT2D eigenvalue weighted by Crippen LogP contribution is 2.27. The third-order valence-electron chi connectivity index (χ3n) is 2.44. The van der Waals surface area contributed by atoms with Gasteiger partial charge in [0.05, 0.1) is 8.07 Å². The van der Waals surface area contributed by atoms with Crippen molar-refractivity contribution in [2.75, 3.05) is 0 Å². The first-order valence-corrected chi connectivity index (χ1v) is 10.3. The van der Waals surface area contributed by atoms with Crippen molar-refractivity contribution in [1.29, 1.82) is 0 Å². The Kier molecular flexibility index (Phi) is 7.39. The minimum Gasteiger partial charge on any atom is -0.0682 e. The molecule has 0 saturated carbocycles. The molecule has 0 N–H and O–H groups in total. The highest BCUT2D eigenvalue weighted by atomic mass is 127. The van der Waals surface area contributed by atoms with E-state index >= 15 is 0 Å². The zero-order valence-corrected chi connectivity index (χ0v) is 13.6. The van der Waals surface area contributed by atoms with Crippen molar-refractivity contribution in [3.8, 4) is 0 Å². The number of hydrogen-bond acceptors (Lipinski definition) is 0. The van der Waals surface area contributed by atoms with E-state index in [9.17, 15) is 0 Å². The van der Waals surface area contributed by atoms with Gasteiger partial charge in [0.15, 0.2) is 0 Å². The highest BCUT2D eigenvalue weighted by molar-refractivity contribution is 14.1. The lowest BCUT2D eigenvalue weighted by Gasteiger charge is -2.18. The van der Waals surface area contributed by atoms with Crippen molar-refractivity contribution in [2.45, 2.75) is 65.6 Å². The van der Waals surface area contributed by atoms with Gasteiger partial charge in [-0.25, -0.2) is 0 Å². The van der Waals surface area contributed by atoms with Gasteiger partial charge in [0.1, 0.15) is 0 Å². The van der Waals surface area contributed by atoms with E-state index < -0.39 is 8.07 Å². The fourth-order valence-corrected chi connectivity index (χ4v) is 3.24. The third-order valence-corrected chi connectivity index (χ3v) is 9.96. The Hall–Kier alpha value is 0.687. The molecular formula is C12H25ISi. The second kappa shape index (κ2) is 7.04. The smallest absolute Gasteiger partial charge is 0.0682 e. The van der Waals surface area contributed by atoms with Crippen molar-refractivity contribution < 1.29 is 0 Å². The SMILES string of the molecule is CCCCCC/C(C)=C(/I)[Si](C)(C)C. The molecule has 0 saturated heterocycles. The summed E-state index contributed by atoms with van der Waals surface area (Å²) >= 11 is 2.58. The molecule has 0 aromatic rings. The van der Waals surface area contributed by atoms with E-state index in [0.29, 0.717) is 0 Å². The van der Waals surface area contributed by atoms with Gasteiger partial charge in [-0.15, -0.1) is 0 Å². The molecule has 84 valence electrons. The van der Waals surface area contributed by atoms with Crippen LogP contribution < -0.4 is 0 Å². The Labute approximate surface area is 105 Å². The first kappa shape index (κ1) is 14.7. The second-order valence-electron chi connectivity index (χ2n) is 5.15. The summed E-state index contributed by atoms with van der Waals surface area (Å²) in [4.78, 5) is 0. The predicted octanol–water partition coefficient (Wildman–Crippen LogP) is 5.54. The minimum absolute atomic E-state index is 1.03. The van der Waals surface area contributed by atoms with E-state index in [2.05, 4.69) is 56.1 Å². The van der Waals surface area contributed by atoms with Gasteiger partial charge in [0.25, 0.3) is 0 Å². The quantitative estimate of drug-likeness (QED) is 0.342. The Morgan fingerprint density at radius 3 is 2.07 bits per heavy atom. The number of hydrogen-bond donors (Lipinski definition) is 0. The molecule has 0 bridgehead atoms. The first-order chi connectivity index (χ1) is 6.39. The number of unbranched alkanes of at least 4 members (excludes halogenated alkanes) is 3. The summed E-state index contributed by atoms with van der Waals surface area (Å²) in [7, 11) is -1.03. The summed E-state index contributed by atoms with van der Waals surface area (Å²) in [5.41, 5.74) is 1.65. The molecule has 0 atom stereocenters. The molecule has 0 heterocycles. The summed E-state index contributed by atoms with van der Waals surface area (Å²) < 4.78 is 1.69. The van der Waals surface area contributed by atoms with Gasteiger partial charge in [-0.2, -0.15) is 0 Å². The minimum atomic E-state index is -1.03. The number of allylic oxidation sites excluding steroid dienone is 1. The van der Waals surface area contributed by atoms with Crippen LogP contribution in [0.25, 0.3) is 0 Å². The van der Waals surface area contributed by atoms with Crippen LogP contribution in [0.3, 0.4) is 0 Å². The van der Waals surface area contributed by atoms with Gasteiger partial charge in [-0.1, -0.05) is 74.0 Å². The Bertz CT molecular complexity index is 189. The first-order valence-electron chi connectivity index (χ1n) is 5.75. The van der Waals surface area contributed by atoms with Gasteiger partial charge >= 0.3 is 0 Å². The molecule has 0 rings (SSSR count). The Balaban J connectivity index is 3.99. The molecule has 0 amide bonds. The van der Waals surface area contributed by atoms with Gasteiger partial charge in [0.2, 0.25) is 0 Å². The van der Waals surface area contributed by atoms with Crippen molar-refractivity contribution in [1.82, 2.24) is 0 Å². The van der Waals surface area contributed by atoms with Crippen LogP contribution in [0.4, 0.5) is 0 Å². The summed E-state index contributed by atoms with van der Waals surface area (Å²) in [6.07, 6.45) is 6.85. The van der Waals surface area contributed by atoms with E-state index in [1.807, 2.05) is 0 Å². The molecule has 0 aromatic carbocycles. The molecule has 2 heteroatoms. The summed E-state index contributed by atoms with van der Waals surface area (Å²) in [5.74, 6) is 0. The average molecular weight is 324 g/mol. The zero-order chi connectivity index (χ0) is 11.2. The van der Waals surface area contributed by atoms with E-state index in [1.165, 1.54) is 32.1 Å². The fraction of sp³-hybridized carbons (Fsp3) is 0.833. The fourth-order valence-electron chi connectivity index (χ4n) is 1.57. The maximum atomic E-state index is 2.58. The van der Waals surface area contributed by atoms with Crippen LogP contribution in [0.5, 0.6) is 0 Å². The molecule has 0 radical (unpaired) electrons. The van der Waals surface area contributed by atoms with Gasteiger partial charge in [-0.3, -0.25) is 0 Å². The zero-order valence-electron chi connectivity index (χ0n) is 10.4. The molecule has 0 fully saturated rings. The molecule has 0 aliphatic rings. The summed E-state index contributed by atoms with van der Waals surface area (Å²) in [5, 5.41) is 0. The van der Waals surface area contributed by atoms with Crippen LogP contribution in [-0.2, 0) is 0 Å². The van der Waals surface area contributed by atoms with Crippen LogP contribution >= 0.6 is 22.6 Å². The maximum Gasteiger partial charge on any atom is 0.0853 e. The van der Waals surface area contributed by atoms with Crippen LogP contribution in [0.15, 0.2) is 8.78 Å². The van der Waals surface area contributed by atoms with Crippen molar-refractivity contribution in [2.24, 2.45) is 0 Å². The largest absolute Gasteiger partial charge is 0.0853 e. The topological polar surface area (TPSA) is 0 Å². The maximum absolute atomic E-state index is 2.58. The van der Waals surface area contributed by atoms with Gasteiger partial charge in [-0.05, 0) is 23.0 Å². The molecule has 0 spiro atoms. The summed E-state index contributed by atoms with van der Waals surface area (Å²) in [6.45, 7) is 11.9. The van der Waals surface area contributed by atoms with E-state index in [1.54, 1.807) is 8.78 Å². The van der Waals surface area contributed by atoms with Crippen LogP contribution in [-0.4, -0.2) is 8.07 Å². The van der Waals surface area contributed by atoms with Crippen LogP contribution in [0.2, 0.25) is 19.6 Å². The molecule has 14 heavy (non-hydrogen) atoms. The Morgan fingerprint density at radius 1 is 1.07 bits per heavy atom. The molecule has 0 aromatic heterocycles. The molecular weight excluding hydrogens is 299 g/mol. The van der Waals surface area contributed by atoms with Crippen molar-refractivity contribution in [3.63, 3.8) is 0 Å². The average Bonchev–Trinajstić information content (AvgIpc) is 2.09. The Morgan fingerprint density at radius 2 is 1.64 bits per heavy atom. The van der Waals surface area contributed by atoms with Crippen LogP contribution in [0, 0.1) is 0 Å². The highest BCUT2D eigenvalue weighted by Gasteiger charge is 2.18. The predicted molar refractivity (Wildman–Crippen MR) is 78.8 cm³/mol. The standard InChI is InChI=1S/C12H25ISi/c1-6-7-8-9-10-11(2)12(13)14(3,4)5/h6-10H2,1-5H3/b12-11-. The summed E-state index contributed by atoms with van der Waals surface area (Å²) in [6, 6.07) is 0. The molecule has 0 nitrogen and oxygen atoms in total. The normalized spacial score (nSPS) is 14.1. The lowest BCUT2D eigenvalue weighted by molar-refractivity contribution is 0.664. The van der Waals surface area contributed by atoms with Crippen molar-refractivity contribution in [3.05, 3.63) is 8.78 Å². The van der Waals surface area contributed by atoms with E-state index in [4.69, 9.17) is 0 Å². The third kappa shape index (κ3) is 6.22. The lowest BCUT2D eigenvalue weighted by Crippen LogP contribution is -2.21. The number of halogens is 1. The second-order valence-corrected chi connectivity index (χ2v) is 12.3. The van der Waals surface area contributed by atoms with Crippen molar-refractivity contribution >= 4 is 30.7 Å². The van der Waals surface area contributed by atoms with E-state index in [0.717, 1.165) is 0 Å². The molecule has 0 unspecified atom stereocenters.